The van der Waals surface area contributed by atoms with Crippen LogP contribution in [0.5, 0.6) is 0 Å². The first kappa shape index (κ1) is 20.3. The number of aryl methyl sites for hydroxylation is 1. The van der Waals surface area contributed by atoms with Gasteiger partial charge in [0.05, 0.1) is 18.3 Å². The molecule has 2 aliphatic rings. The molecule has 7 nitrogen and oxygen atoms in total. The predicted molar refractivity (Wildman–Crippen MR) is 110 cm³/mol. The predicted octanol–water partition coefficient (Wildman–Crippen LogP) is 3.02. The van der Waals surface area contributed by atoms with Crippen molar-refractivity contribution in [3.05, 3.63) is 35.5 Å². The third-order valence-electron chi connectivity index (χ3n) is 6.32. The maximum Gasteiger partial charge on any atom is 0.308 e. The number of H-pyrrole nitrogens is 1. The Morgan fingerprint density at radius 1 is 1.13 bits per heavy atom. The van der Waals surface area contributed by atoms with Crippen molar-refractivity contribution in [2.45, 2.75) is 45.4 Å². The van der Waals surface area contributed by atoms with Gasteiger partial charge in [0, 0.05) is 29.2 Å². The molecule has 7 heteroatoms. The third kappa shape index (κ3) is 3.64. The van der Waals surface area contributed by atoms with Crippen molar-refractivity contribution >= 4 is 34.5 Å². The number of hydrogen-bond acceptors (Lipinski definition) is 5. The Labute approximate surface area is 174 Å². The number of ketones is 1. The Morgan fingerprint density at radius 2 is 1.83 bits per heavy atom. The maximum absolute atomic E-state index is 12.5. The fourth-order valence-electron chi connectivity index (χ4n) is 4.69. The Balaban J connectivity index is 1.32. The number of nitrogens with zero attached hydrogens (tertiary/aromatic N) is 1. The van der Waals surface area contributed by atoms with Crippen LogP contribution in [-0.2, 0) is 25.5 Å². The van der Waals surface area contributed by atoms with Crippen LogP contribution in [0, 0.1) is 11.8 Å². The number of carbonyl (C=O) groups excluding carboxylic acids is 4. The summed E-state index contributed by atoms with van der Waals surface area (Å²) in [7, 11) is 0. The lowest BCUT2D eigenvalue weighted by Gasteiger charge is -2.19. The molecule has 0 unspecified atom stereocenters. The number of hydrogen-bond donors (Lipinski definition) is 1. The average Bonchev–Trinajstić information content (AvgIpc) is 3.30. The van der Waals surface area contributed by atoms with Crippen LogP contribution in [0.15, 0.2) is 24.4 Å². The first-order valence-electron chi connectivity index (χ1n) is 10.6. The van der Waals surface area contributed by atoms with E-state index in [2.05, 4.69) is 4.98 Å². The molecular formula is C23H26N2O5. The highest BCUT2D eigenvalue weighted by Gasteiger charge is 2.47. The number of ether oxygens (including phenoxy) is 1. The van der Waals surface area contributed by atoms with Gasteiger partial charge in [-0.15, -0.1) is 0 Å². The van der Waals surface area contributed by atoms with E-state index in [-0.39, 0.29) is 49.0 Å². The molecule has 0 bridgehead atoms. The lowest BCUT2D eigenvalue weighted by Crippen LogP contribution is -2.33. The number of fused-ring (bicyclic) bond motifs is 2. The van der Waals surface area contributed by atoms with E-state index in [1.165, 1.54) is 4.90 Å². The Hall–Kier alpha value is -2.96. The molecule has 158 valence electrons. The van der Waals surface area contributed by atoms with Crippen LogP contribution < -0.4 is 0 Å². The van der Waals surface area contributed by atoms with Crippen molar-refractivity contribution in [3.8, 4) is 0 Å². The Bertz CT molecular complexity index is 984. The van der Waals surface area contributed by atoms with Crippen LogP contribution in [-0.4, -0.2) is 46.6 Å². The number of esters is 1. The molecule has 1 saturated heterocycles. The van der Waals surface area contributed by atoms with Crippen LogP contribution in [0.2, 0.25) is 0 Å². The van der Waals surface area contributed by atoms with E-state index < -0.39 is 5.97 Å². The summed E-state index contributed by atoms with van der Waals surface area (Å²) in [6.45, 7) is 1.70. The first-order valence-corrected chi connectivity index (χ1v) is 10.6. The van der Waals surface area contributed by atoms with E-state index >= 15 is 0 Å². The smallest absolute Gasteiger partial charge is 0.308 e. The minimum atomic E-state index is -0.590. The van der Waals surface area contributed by atoms with Crippen molar-refractivity contribution in [2.24, 2.45) is 11.8 Å². The minimum absolute atomic E-state index is 0.0185. The monoisotopic (exact) mass is 410 g/mol. The summed E-state index contributed by atoms with van der Waals surface area (Å²) in [6.07, 6.45) is 5.80. The fraction of sp³-hybridized carbons (Fsp3) is 0.478. The summed E-state index contributed by atoms with van der Waals surface area (Å²) >= 11 is 0. The van der Waals surface area contributed by atoms with Crippen molar-refractivity contribution in [1.82, 2.24) is 9.88 Å². The molecule has 2 atom stereocenters. The second kappa shape index (κ2) is 8.42. The van der Waals surface area contributed by atoms with Gasteiger partial charge in [0.1, 0.15) is 0 Å². The number of likely N-dealkylation sites (tertiary alicyclic amines) is 1. The van der Waals surface area contributed by atoms with Crippen molar-refractivity contribution in [1.29, 1.82) is 0 Å². The first-order chi connectivity index (χ1) is 14.5. The van der Waals surface area contributed by atoms with Gasteiger partial charge in [-0.05, 0) is 24.8 Å². The lowest BCUT2D eigenvalue weighted by atomic mass is 9.81. The molecule has 2 aromatic rings. The van der Waals surface area contributed by atoms with Gasteiger partial charge in [0.15, 0.2) is 6.61 Å². The maximum atomic E-state index is 12.5. The number of nitrogens with one attached hydrogen (secondary N) is 1. The molecule has 1 aromatic heterocycles. The van der Waals surface area contributed by atoms with Gasteiger partial charge in [0.2, 0.25) is 17.6 Å². The molecule has 0 radical (unpaired) electrons. The van der Waals surface area contributed by atoms with Gasteiger partial charge in [-0.2, -0.15) is 0 Å². The highest BCUT2D eigenvalue weighted by atomic mass is 16.5. The number of imide groups is 1. The quantitative estimate of drug-likeness (QED) is 0.430. The molecule has 0 spiro atoms. The minimum Gasteiger partial charge on any atom is -0.457 e. The third-order valence-corrected chi connectivity index (χ3v) is 6.32. The summed E-state index contributed by atoms with van der Waals surface area (Å²) in [6, 6.07) is 5.77. The zero-order valence-corrected chi connectivity index (χ0v) is 17.1. The molecule has 1 aromatic carbocycles. The van der Waals surface area contributed by atoms with E-state index in [9.17, 15) is 19.2 Å². The van der Waals surface area contributed by atoms with E-state index in [1.807, 2.05) is 25.1 Å². The second-order valence-corrected chi connectivity index (χ2v) is 8.06. The summed E-state index contributed by atoms with van der Waals surface area (Å²) in [5, 5.41) is 0.811. The number of rotatable bonds is 7. The lowest BCUT2D eigenvalue weighted by molar-refractivity contribution is -0.145. The Kier molecular flexibility index (Phi) is 5.70. The number of amides is 2. The van der Waals surface area contributed by atoms with E-state index in [1.54, 1.807) is 6.20 Å². The summed E-state index contributed by atoms with van der Waals surface area (Å²) in [5.41, 5.74) is 2.52. The average molecular weight is 410 g/mol. The fourth-order valence-corrected chi connectivity index (χ4v) is 4.69. The zero-order valence-electron chi connectivity index (χ0n) is 17.1. The van der Waals surface area contributed by atoms with Crippen LogP contribution in [0.3, 0.4) is 0 Å². The van der Waals surface area contributed by atoms with E-state index in [4.69, 9.17) is 4.74 Å². The van der Waals surface area contributed by atoms with Crippen LogP contribution in [0.25, 0.3) is 10.9 Å². The molecule has 1 aliphatic carbocycles. The van der Waals surface area contributed by atoms with Crippen molar-refractivity contribution in [2.75, 3.05) is 13.2 Å². The van der Waals surface area contributed by atoms with Gasteiger partial charge in [-0.1, -0.05) is 38.0 Å². The molecule has 2 heterocycles. The molecule has 2 fully saturated rings. The van der Waals surface area contributed by atoms with Gasteiger partial charge in [0.25, 0.3) is 0 Å². The number of aromatic nitrogens is 1. The van der Waals surface area contributed by atoms with Crippen LogP contribution in [0.1, 0.15) is 54.9 Å². The molecule has 4 rings (SSSR count). The molecule has 2 amide bonds. The van der Waals surface area contributed by atoms with Crippen LogP contribution >= 0.6 is 0 Å². The van der Waals surface area contributed by atoms with Gasteiger partial charge < -0.3 is 9.72 Å². The van der Waals surface area contributed by atoms with Crippen molar-refractivity contribution in [3.63, 3.8) is 0 Å². The topological polar surface area (TPSA) is 96.5 Å². The number of Topliss-reactive ketones (excluding diaryl/α,β-unsaturated/α-hetero) is 1. The van der Waals surface area contributed by atoms with E-state index in [0.29, 0.717) is 5.56 Å². The molecule has 1 N–H and O–H groups in total. The zero-order chi connectivity index (χ0) is 21.3. The Morgan fingerprint density at radius 3 is 2.50 bits per heavy atom. The second-order valence-electron chi connectivity index (χ2n) is 8.06. The summed E-state index contributed by atoms with van der Waals surface area (Å²) < 4.78 is 5.13. The normalized spacial score (nSPS) is 21.2. The number of aromatic amines is 1. The highest BCUT2D eigenvalue weighted by molar-refractivity contribution is 6.09. The van der Waals surface area contributed by atoms with Gasteiger partial charge in [-0.25, -0.2) is 0 Å². The summed E-state index contributed by atoms with van der Waals surface area (Å²) in [5.74, 6) is -1.66. The van der Waals surface area contributed by atoms with E-state index in [0.717, 1.165) is 48.6 Å². The van der Waals surface area contributed by atoms with Gasteiger partial charge >= 0.3 is 5.97 Å². The van der Waals surface area contributed by atoms with Crippen LogP contribution in [0.4, 0.5) is 0 Å². The highest BCUT2D eigenvalue weighted by Crippen LogP contribution is 2.38. The largest absolute Gasteiger partial charge is 0.457 e. The molecule has 30 heavy (non-hydrogen) atoms. The molecule has 1 aliphatic heterocycles. The number of benzene rings is 1. The summed E-state index contributed by atoms with van der Waals surface area (Å²) in [4.78, 5) is 53.9. The number of para-hydroxylation sites is 1. The molecule has 1 saturated carbocycles. The molecular weight excluding hydrogens is 384 g/mol. The van der Waals surface area contributed by atoms with Crippen molar-refractivity contribution < 1.29 is 23.9 Å². The SMILES string of the molecule is CCc1cccc2c(C(=O)COC(=O)CCN3C(=O)[C@H]4CCCC[C@H]4C3=O)c[nH]c12. The standard InChI is InChI=1S/C23H26N2O5/c1-2-14-6-5-9-15-18(12-24-21(14)15)19(26)13-30-20(27)10-11-25-22(28)16-7-3-4-8-17(16)23(25)29/h5-6,9,12,16-17,24H,2-4,7-8,10-11,13H2,1H3/t16-,17+. The number of carbonyl (C=O) groups is 4. The van der Waals surface area contributed by atoms with Gasteiger partial charge in [-0.3, -0.25) is 24.1 Å².